The molecule has 1 aromatic carbocycles. The Morgan fingerprint density at radius 3 is 2.50 bits per heavy atom. The standard InChI is InChI=1S/C12H14N4O3S/c1-20(18,19)9-4-2-8(3-5-9)6-14-12(17)11-10(13)7-15-16-11/h2-5,7H,6,13H2,1H3,(H,14,17)(H,15,16). The quantitative estimate of drug-likeness (QED) is 0.750. The van der Waals surface area contributed by atoms with Crippen molar-refractivity contribution < 1.29 is 13.2 Å². The fraction of sp³-hybridized carbons (Fsp3) is 0.167. The lowest BCUT2D eigenvalue weighted by atomic mass is 10.2. The number of aromatic nitrogens is 2. The number of nitrogen functional groups attached to an aromatic ring is 1. The molecule has 0 aliphatic heterocycles. The topological polar surface area (TPSA) is 118 Å². The first-order valence-corrected chi connectivity index (χ1v) is 7.63. The minimum absolute atomic E-state index is 0.206. The number of anilines is 1. The van der Waals surface area contributed by atoms with Crippen molar-refractivity contribution in [2.45, 2.75) is 11.4 Å². The van der Waals surface area contributed by atoms with Crippen LogP contribution in [0.1, 0.15) is 16.1 Å². The number of H-pyrrole nitrogens is 1. The van der Waals surface area contributed by atoms with E-state index in [2.05, 4.69) is 15.5 Å². The highest BCUT2D eigenvalue weighted by atomic mass is 32.2. The highest BCUT2D eigenvalue weighted by Gasteiger charge is 2.11. The normalized spacial score (nSPS) is 11.2. The first-order chi connectivity index (χ1) is 9.38. The van der Waals surface area contributed by atoms with Gasteiger partial charge in [-0.15, -0.1) is 0 Å². The molecule has 0 unspecified atom stereocenters. The third-order valence-electron chi connectivity index (χ3n) is 2.70. The Bertz CT molecular complexity index is 719. The first-order valence-electron chi connectivity index (χ1n) is 5.74. The highest BCUT2D eigenvalue weighted by Crippen LogP contribution is 2.11. The fourth-order valence-corrected chi connectivity index (χ4v) is 2.23. The Hall–Kier alpha value is -2.35. The summed E-state index contributed by atoms with van der Waals surface area (Å²) in [7, 11) is -3.21. The van der Waals surface area contributed by atoms with E-state index in [0.29, 0.717) is 0 Å². The van der Waals surface area contributed by atoms with Crippen LogP contribution in [-0.4, -0.2) is 30.8 Å². The minimum Gasteiger partial charge on any atom is -0.396 e. The molecule has 20 heavy (non-hydrogen) atoms. The molecule has 7 nitrogen and oxygen atoms in total. The van der Waals surface area contributed by atoms with Crippen LogP contribution in [0.2, 0.25) is 0 Å². The van der Waals surface area contributed by atoms with Gasteiger partial charge in [0.1, 0.15) is 5.69 Å². The van der Waals surface area contributed by atoms with Crippen molar-refractivity contribution in [1.82, 2.24) is 15.5 Å². The van der Waals surface area contributed by atoms with E-state index in [9.17, 15) is 13.2 Å². The van der Waals surface area contributed by atoms with Crippen LogP contribution in [0.4, 0.5) is 5.69 Å². The number of rotatable bonds is 4. The second-order valence-corrected chi connectivity index (χ2v) is 6.31. The summed E-state index contributed by atoms with van der Waals surface area (Å²) in [5.41, 5.74) is 6.82. The highest BCUT2D eigenvalue weighted by molar-refractivity contribution is 7.90. The summed E-state index contributed by atoms with van der Waals surface area (Å²) in [6, 6.07) is 6.29. The van der Waals surface area contributed by atoms with Crippen molar-refractivity contribution in [3.8, 4) is 0 Å². The number of nitrogens with two attached hydrogens (primary N) is 1. The van der Waals surface area contributed by atoms with Gasteiger partial charge < -0.3 is 11.1 Å². The van der Waals surface area contributed by atoms with E-state index in [1.165, 1.54) is 18.3 Å². The van der Waals surface area contributed by atoms with Gasteiger partial charge in [0.2, 0.25) is 0 Å². The van der Waals surface area contributed by atoms with Gasteiger partial charge in [-0.3, -0.25) is 9.89 Å². The molecule has 0 bridgehead atoms. The zero-order valence-electron chi connectivity index (χ0n) is 10.8. The maximum Gasteiger partial charge on any atom is 0.271 e. The molecule has 0 aliphatic rings. The Labute approximate surface area is 116 Å². The summed E-state index contributed by atoms with van der Waals surface area (Å²) in [5.74, 6) is -0.368. The Balaban J connectivity index is 2.02. The number of sulfone groups is 1. The molecular formula is C12H14N4O3S. The molecular weight excluding hydrogens is 280 g/mol. The van der Waals surface area contributed by atoms with Gasteiger partial charge in [-0.05, 0) is 17.7 Å². The molecule has 0 spiro atoms. The predicted octanol–water partition coefficient (Wildman–Crippen LogP) is 0.325. The van der Waals surface area contributed by atoms with E-state index in [1.807, 2.05) is 0 Å². The van der Waals surface area contributed by atoms with Crippen LogP contribution in [0.15, 0.2) is 35.4 Å². The average molecular weight is 294 g/mol. The number of benzene rings is 1. The van der Waals surface area contributed by atoms with E-state index < -0.39 is 9.84 Å². The van der Waals surface area contributed by atoms with Gasteiger partial charge in [-0.2, -0.15) is 5.10 Å². The molecule has 0 atom stereocenters. The fourth-order valence-electron chi connectivity index (χ4n) is 1.60. The monoisotopic (exact) mass is 294 g/mol. The molecule has 1 heterocycles. The molecule has 106 valence electrons. The number of amides is 1. The van der Waals surface area contributed by atoms with Crippen LogP contribution in [0.25, 0.3) is 0 Å². The lowest BCUT2D eigenvalue weighted by molar-refractivity contribution is 0.0946. The summed E-state index contributed by atoms with van der Waals surface area (Å²) in [5, 5.41) is 8.82. The smallest absolute Gasteiger partial charge is 0.271 e. The summed E-state index contributed by atoms with van der Waals surface area (Å²) >= 11 is 0. The van der Waals surface area contributed by atoms with Gasteiger partial charge in [0.15, 0.2) is 9.84 Å². The van der Waals surface area contributed by atoms with Crippen LogP contribution in [0.5, 0.6) is 0 Å². The lowest BCUT2D eigenvalue weighted by Crippen LogP contribution is -2.24. The third kappa shape index (κ3) is 3.15. The molecule has 0 saturated heterocycles. The van der Waals surface area contributed by atoms with Crippen molar-refractivity contribution in [2.75, 3.05) is 12.0 Å². The zero-order valence-corrected chi connectivity index (χ0v) is 11.6. The van der Waals surface area contributed by atoms with Gasteiger partial charge in [-0.25, -0.2) is 8.42 Å². The van der Waals surface area contributed by atoms with Crippen LogP contribution >= 0.6 is 0 Å². The summed E-state index contributed by atoms with van der Waals surface area (Å²) in [4.78, 5) is 12.0. The molecule has 2 rings (SSSR count). The van der Waals surface area contributed by atoms with E-state index in [0.717, 1.165) is 11.8 Å². The van der Waals surface area contributed by atoms with Gasteiger partial charge >= 0.3 is 0 Å². The van der Waals surface area contributed by atoms with Gasteiger partial charge in [-0.1, -0.05) is 12.1 Å². The molecule has 0 saturated carbocycles. The van der Waals surface area contributed by atoms with E-state index in [4.69, 9.17) is 5.73 Å². The van der Waals surface area contributed by atoms with Crippen molar-refractivity contribution in [2.24, 2.45) is 0 Å². The Kier molecular flexibility index (Phi) is 3.75. The molecule has 1 amide bonds. The molecule has 0 radical (unpaired) electrons. The van der Waals surface area contributed by atoms with Crippen LogP contribution in [0, 0.1) is 0 Å². The number of nitrogens with zero attached hydrogens (tertiary/aromatic N) is 1. The second kappa shape index (κ2) is 5.33. The summed E-state index contributed by atoms with van der Waals surface area (Å²) in [6.07, 6.45) is 2.50. The number of carbonyl (C=O) groups is 1. The van der Waals surface area contributed by atoms with E-state index in [-0.39, 0.29) is 28.7 Å². The molecule has 0 aliphatic carbocycles. The lowest BCUT2D eigenvalue weighted by Gasteiger charge is -2.05. The van der Waals surface area contributed by atoms with Crippen molar-refractivity contribution >= 4 is 21.4 Å². The second-order valence-electron chi connectivity index (χ2n) is 4.30. The zero-order chi connectivity index (χ0) is 14.8. The average Bonchev–Trinajstić information content (AvgIpc) is 2.82. The van der Waals surface area contributed by atoms with Crippen molar-refractivity contribution in [3.05, 3.63) is 41.7 Å². The number of hydrogen-bond acceptors (Lipinski definition) is 5. The molecule has 0 fully saturated rings. The van der Waals surface area contributed by atoms with Crippen LogP contribution in [0.3, 0.4) is 0 Å². The Morgan fingerprint density at radius 1 is 1.35 bits per heavy atom. The predicted molar refractivity (Wildman–Crippen MR) is 73.7 cm³/mol. The largest absolute Gasteiger partial charge is 0.396 e. The number of aromatic amines is 1. The maximum absolute atomic E-state index is 11.8. The van der Waals surface area contributed by atoms with Crippen molar-refractivity contribution in [3.63, 3.8) is 0 Å². The minimum atomic E-state index is -3.21. The van der Waals surface area contributed by atoms with Crippen molar-refractivity contribution in [1.29, 1.82) is 0 Å². The van der Waals surface area contributed by atoms with Crippen LogP contribution < -0.4 is 11.1 Å². The van der Waals surface area contributed by atoms with Gasteiger partial charge in [0.25, 0.3) is 5.91 Å². The summed E-state index contributed by atoms with van der Waals surface area (Å²) < 4.78 is 22.6. The number of hydrogen-bond donors (Lipinski definition) is 3. The maximum atomic E-state index is 11.8. The first kappa shape index (κ1) is 14.1. The number of carbonyl (C=O) groups excluding carboxylic acids is 1. The molecule has 2 aromatic rings. The number of nitrogens with one attached hydrogen (secondary N) is 2. The van der Waals surface area contributed by atoms with E-state index >= 15 is 0 Å². The van der Waals surface area contributed by atoms with Crippen LogP contribution in [-0.2, 0) is 16.4 Å². The van der Waals surface area contributed by atoms with Gasteiger partial charge in [0.05, 0.1) is 16.8 Å². The summed E-state index contributed by atoms with van der Waals surface area (Å²) in [6.45, 7) is 0.265. The third-order valence-corrected chi connectivity index (χ3v) is 3.83. The SMILES string of the molecule is CS(=O)(=O)c1ccc(CNC(=O)c2[nH]ncc2N)cc1. The Morgan fingerprint density at radius 2 is 2.00 bits per heavy atom. The molecule has 4 N–H and O–H groups in total. The molecule has 1 aromatic heterocycles. The van der Waals surface area contributed by atoms with E-state index in [1.54, 1.807) is 12.1 Å². The molecule has 8 heteroatoms. The van der Waals surface area contributed by atoms with Gasteiger partial charge in [0, 0.05) is 12.8 Å².